The van der Waals surface area contributed by atoms with E-state index in [1.54, 1.807) is 0 Å². The van der Waals surface area contributed by atoms with Crippen molar-refractivity contribution < 1.29 is 4.79 Å². The number of anilines is 2. The number of carbonyl (C=O) groups excluding carboxylic acids is 1. The Morgan fingerprint density at radius 1 is 1.38 bits per heavy atom. The van der Waals surface area contributed by atoms with Crippen LogP contribution in [0, 0.1) is 0 Å². The molecule has 2 heterocycles. The van der Waals surface area contributed by atoms with Gasteiger partial charge in [0.1, 0.15) is 10.7 Å². The van der Waals surface area contributed by atoms with E-state index in [2.05, 4.69) is 33.9 Å². The van der Waals surface area contributed by atoms with Crippen LogP contribution >= 0.6 is 11.3 Å². The molecule has 6 nitrogen and oxygen atoms in total. The van der Waals surface area contributed by atoms with Crippen molar-refractivity contribution in [2.24, 2.45) is 0 Å². The van der Waals surface area contributed by atoms with E-state index in [0.717, 1.165) is 37.9 Å². The average molecular weight is 311 g/mol. The summed E-state index contributed by atoms with van der Waals surface area (Å²) in [6.07, 6.45) is 2.37. The normalized spacial score (nSPS) is 14.9. The zero-order valence-electron chi connectivity index (χ0n) is 12.9. The van der Waals surface area contributed by atoms with E-state index in [1.165, 1.54) is 24.2 Å². The predicted molar refractivity (Wildman–Crippen MR) is 88.1 cm³/mol. The lowest BCUT2D eigenvalue weighted by atomic mass is 10.4. The van der Waals surface area contributed by atoms with Crippen LogP contribution in [0.4, 0.5) is 10.9 Å². The van der Waals surface area contributed by atoms with Gasteiger partial charge in [0.2, 0.25) is 0 Å². The van der Waals surface area contributed by atoms with E-state index >= 15 is 0 Å². The number of hydrogen-bond donors (Lipinski definition) is 2. The third-order valence-corrected chi connectivity index (χ3v) is 4.96. The lowest BCUT2D eigenvalue weighted by molar-refractivity contribution is 0.0953. The largest absolute Gasteiger partial charge is 0.382 e. The quantitative estimate of drug-likeness (QED) is 0.796. The first-order valence-electron chi connectivity index (χ1n) is 7.67. The second kappa shape index (κ2) is 7.61. The molecule has 118 valence electrons. The van der Waals surface area contributed by atoms with Gasteiger partial charge in [-0.3, -0.25) is 4.79 Å². The van der Waals surface area contributed by atoms with Gasteiger partial charge in [-0.15, -0.1) is 0 Å². The molecule has 3 N–H and O–H groups in total. The van der Waals surface area contributed by atoms with E-state index in [4.69, 9.17) is 5.73 Å². The molecular formula is C14H25N5OS. The lowest BCUT2D eigenvalue weighted by Gasteiger charge is -2.17. The average Bonchev–Trinajstić information content (AvgIpc) is 3.12. The van der Waals surface area contributed by atoms with Gasteiger partial charge < -0.3 is 20.9 Å². The summed E-state index contributed by atoms with van der Waals surface area (Å²) in [5, 5.41) is 3.81. The number of hydrogen-bond acceptors (Lipinski definition) is 6. The number of likely N-dealkylation sites (N-methyl/N-ethyl adjacent to an activating group) is 1. The van der Waals surface area contributed by atoms with Crippen LogP contribution in [0.25, 0.3) is 0 Å². The first-order chi connectivity index (χ1) is 10.2. The Morgan fingerprint density at radius 3 is 2.67 bits per heavy atom. The highest BCUT2D eigenvalue weighted by Crippen LogP contribution is 2.30. The fourth-order valence-corrected chi connectivity index (χ4v) is 3.43. The molecule has 1 aromatic heterocycles. The third kappa shape index (κ3) is 4.07. The second-order valence-corrected chi connectivity index (χ2v) is 6.17. The van der Waals surface area contributed by atoms with Gasteiger partial charge >= 0.3 is 0 Å². The van der Waals surface area contributed by atoms with Crippen LogP contribution in [-0.4, -0.2) is 55.1 Å². The maximum atomic E-state index is 12.2. The SMILES string of the molecule is CCN(CC)CCNC(=O)c1sc(N2CCCC2)nc1N. The maximum Gasteiger partial charge on any atom is 0.265 e. The molecule has 1 aliphatic rings. The molecule has 0 aromatic carbocycles. The molecule has 21 heavy (non-hydrogen) atoms. The van der Waals surface area contributed by atoms with Gasteiger partial charge in [-0.25, -0.2) is 4.98 Å². The summed E-state index contributed by atoms with van der Waals surface area (Å²) >= 11 is 1.40. The molecule has 1 aliphatic heterocycles. The van der Waals surface area contributed by atoms with Gasteiger partial charge in [0.15, 0.2) is 5.13 Å². The molecule has 1 fully saturated rings. The van der Waals surface area contributed by atoms with Crippen molar-refractivity contribution in [3.05, 3.63) is 4.88 Å². The molecule has 0 bridgehead atoms. The summed E-state index contributed by atoms with van der Waals surface area (Å²) in [4.78, 5) is 21.5. The van der Waals surface area contributed by atoms with E-state index in [-0.39, 0.29) is 5.91 Å². The highest BCUT2D eigenvalue weighted by Gasteiger charge is 2.21. The summed E-state index contributed by atoms with van der Waals surface area (Å²) in [6.45, 7) is 9.74. The van der Waals surface area contributed by atoms with Crippen LogP contribution in [0.2, 0.25) is 0 Å². The molecule has 7 heteroatoms. The van der Waals surface area contributed by atoms with Crippen LogP contribution in [0.1, 0.15) is 36.4 Å². The van der Waals surface area contributed by atoms with Crippen LogP contribution in [-0.2, 0) is 0 Å². The van der Waals surface area contributed by atoms with Crippen molar-refractivity contribution >= 4 is 28.2 Å². The minimum atomic E-state index is -0.109. The maximum absolute atomic E-state index is 12.2. The summed E-state index contributed by atoms with van der Waals surface area (Å²) in [6, 6.07) is 0. The second-order valence-electron chi connectivity index (χ2n) is 5.19. The van der Waals surface area contributed by atoms with Gasteiger partial charge in [0, 0.05) is 26.2 Å². The molecule has 1 amide bonds. The Morgan fingerprint density at radius 2 is 2.05 bits per heavy atom. The van der Waals surface area contributed by atoms with E-state index < -0.39 is 0 Å². The molecule has 0 aliphatic carbocycles. The number of nitrogens with one attached hydrogen (secondary N) is 1. The van der Waals surface area contributed by atoms with Crippen LogP contribution in [0.5, 0.6) is 0 Å². The Bertz CT molecular complexity index is 466. The van der Waals surface area contributed by atoms with Crippen molar-refractivity contribution in [2.45, 2.75) is 26.7 Å². The summed E-state index contributed by atoms with van der Waals surface area (Å²) in [5.41, 5.74) is 5.90. The number of nitrogen functional groups attached to an aromatic ring is 1. The number of carbonyl (C=O) groups is 1. The number of rotatable bonds is 7. The standard InChI is InChI=1S/C14H25N5OS/c1-3-18(4-2)10-7-16-13(20)11-12(15)17-14(21-11)19-8-5-6-9-19/h3-10,15H2,1-2H3,(H,16,20). The molecule has 1 saturated heterocycles. The van der Waals surface area contributed by atoms with E-state index in [1.807, 2.05) is 0 Å². The number of amides is 1. The minimum absolute atomic E-state index is 0.109. The number of thiazole rings is 1. The molecule has 0 unspecified atom stereocenters. The van der Waals surface area contributed by atoms with E-state index in [9.17, 15) is 4.79 Å². The van der Waals surface area contributed by atoms with Crippen molar-refractivity contribution in [3.8, 4) is 0 Å². The Labute approximate surface area is 130 Å². The van der Waals surface area contributed by atoms with Crippen molar-refractivity contribution in [1.29, 1.82) is 0 Å². The molecule has 0 spiro atoms. The topological polar surface area (TPSA) is 74.5 Å². The fourth-order valence-electron chi connectivity index (χ4n) is 2.47. The molecular weight excluding hydrogens is 286 g/mol. The van der Waals surface area contributed by atoms with Gasteiger partial charge in [0.05, 0.1) is 0 Å². The smallest absolute Gasteiger partial charge is 0.265 e. The summed E-state index contributed by atoms with van der Waals surface area (Å²) < 4.78 is 0. The fraction of sp³-hybridized carbons (Fsp3) is 0.714. The predicted octanol–water partition coefficient (Wildman–Crippen LogP) is 1.40. The zero-order valence-corrected chi connectivity index (χ0v) is 13.7. The zero-order chi connectivity index (χ0) is 15.2. The first kappa shape index (κ1) is 16.0. The number of aromatic nitrogens is 1. The highest BCUT2D eigenvalue weighted by atomic mass is 32.1. The number of nitrogens with zero attached hydrogens (tertiary/aromatic N) is 3. The minimum Gasteiger partial charge on any atom is -0.382 e. The Hall–Kier alpha value is -1.34. The van der Waals surface area contributed by atoms with Gasteiger partial charge in [0.25, 0.3) is 5.91 Å². The third-order valence-electron chi connectivity index (χ3n) is 3.83. The molecule has 1 aromatic rings. The summed E-state index contributed by atoms with van der Waals surface area (Å²) in [5.74, 6) is 0.241. The van der Waals surface area contributed by atoms with Crippen LogP contribution < -0.4 is 16.0 Å². The molecule has 0 atom stereocenters. The van der Waals surface area contributed by atoms with Crippen molar-refractivity contribution in [2.75, 3.05) is 49.9 Å². The molecule has 0 radical (unpaired) electrons. The summed E-state index contributed by atoms with van der Waals surface area (Å²) in [7, 11) is 0. The highest BCUT2D eigenvalue weighted by molar-refractivity contribution is 7.18. The van der Waals surface area contributed by atoms with Gasteiger partial charge in [-0.2, -0.15) is 0 Å². The van der Waals surface area contributed by atoms with Crippen molar-refractivity contribution in [3.63, 3.8) is 0 Å². The van der Waals surface area contributed by atoms with Gasteiger partial charge in [-0.1, -0.05) is 25.2 Å². The van der Waals surface area contributed by atoms with Crippen LogP contribution in [0.3, 0.4) is 0 Å². The molecule has 2 rings (SSSR count). The first-order valence-corrected chi connectivity index (χ1v) is 8.49. The number of nitrogens with two attached hydrogens (primary N) is 1. The van der Waals surface area contributed by atoms with Crippen LogP contribution in [0.15, 0.2) is 0 Å². The van der Waals surface area contributed by atoms with E-state index in [0.29, 0.717) is 17.2 Å². The Balaban J connectivity index is 1.90. The Kier molecular flexibility index (Phi) is 5.81. The van der Waals surface area contributed by atoms with Gasteiger partial charge in [-0.05, 0) is 25.9 Å². The van der Waals surface area contributed by atoms with Crippen molar-refractivity contribution in [1.82, 2.24) is 15.2 Å². The molecule has 0 saturated carbocycles. The lowest BCUT2D eigenvalue weighted by Crippen LogP contribution is -2.34. The monoisotopic (exact) mass is 311 g/mol.